The summed E-state index contributed by atoms with van der Waals surface area (Å²) in [6, 6.07) is 10.6. The molecule has 1 amide bonds. The van der Waals surface area contributed by atoms with Crippen molar-refractivity contribution in [2.75, 3.05) is 23.3 Å². The van der Waals surface area contributed by atoms with Gasteiger partial charge in [-0.1, -0.05) is 34.1 Å². The van der Waals surface area contributed by atoms with Gasteiger partial charge in [-0.2, -0.15) is 0 Å². The number of rotatable bonds is 7. The van der Waals surface area contributed by atoms with E-state index >= 15 is 0 Å². The highest BCUT2D eigenvalue weighted by molar-refractivity contribution is 5.94. The van der Waals surface area contributed by atoms with Crippen LogP contribution in [-0.2, 0) is 11.2 Å². The van der Waals surface area contributed by atoms with Gasteiger partial charge in [0.25, 0.3) is 5.56 Å². The predicted octanol–water partition coefficient (Wildman–Crippen LogP) is 4.86. The summed E-state index contributed by atoms with van der Waals surface area (Å²) in [5.41, 5.74) is 1.93. The van der Waals surface area contributed by atoms with Crippen LogP contribution in [0.15, 0.2) is 59.8 Å². The van der Waals surface area contributed by atoms with Crippen molar-refractivity contribution in [3.8, 4) is 11.4 Å². The van der Waals surface area contributed by atoms with Crippen LogP contribution >= 0.6 is 0 Å². The van der Waals surface area contributed by atoms with E-state index in [1.807, 2.05) is 51.4 Å². The molecule has 36 heavy (non-hydrogen) atoms. The Hall–Kier alpha value is -3.68. The van der Waals surface area contributed by atoms with Crippen LogP contribution in [0.25, 0.3) is 5.69 Å². The lowest BCUT2D eigenvalue weighted by Crippen LogP contribution is -2.39. The minimum Gasteiger partial charge on any atom is -0.490 e. The van der Waals surface area contributed by atoms with Crippen molar-refractivity contribution in [2.24, 2.45) is 5.41 Å². The van der Waals surface area contributed by atoms with E-state index in [9.17, 15) is 9.59 Å². The maximum Gasteiger partial charge on any atom is 0.258 e. The molecule has 3 aromatic rings. The number of nitrogens with zero attached hydrogens (tertiary/aromatic N) is 4. The van der Waals surface area contributed by atoms with Gasteiger partial charge < -0.3 is 15.0 Å². The predicted molar refractivity (Wildman–Crippen MR) is 144 cm³/mol. The van der Waals surface area contributed by atoms with Crippen LogP contribution in [0.3, 0.4) is 0 Å². The molecule has 3 heterocycles. The molecular formula is C28H37N5O3. The van der Waals surface area contributed by atoms with Crippen LogP contribution in [0.2, 0.25) is 0 Å². The quantitative estimate of drug-likeness (QED) is 0.508. The first kappa shape index (κ1) is 25.4. The highest BCUT2D eigenvalue weighted by atomic mass is 16.5. The number of anilines is 2. The third-order valence-electron chi connectivity index (χ3n) is 6.23. The molecule has 8 heteroatoms. The number of hydrogen-bond donors (Lipinski definition) is 1. The number of aromatic nitrogens is 3. The molecule has 8 nitrogen and oxygen atoms in total. The summed E-state index contributed by atoms with van der Waals surface area (Å²) in [5, 5.41) is 2.89. The van der Waals surface area contributed by atoms with E-state index in [-0.39, 0.29) is 19.0 Å². The zero-order valence-corrected chi connectivity index (χ0v) is 21.5. The van der Waals surface area contributed by atoms with Gasteiger partial charge in [-0.05, 0) is 42.3 Å². The van der Waals surface area contributed by atoms with Gasteiger partial charge >= 0.3 is 0 Å². The average molecular weight is 492 g/mol. The summed E-state index contributed by atoms with van der Waals surface area (Å²) in [7, 11) is 0. The summed E-state index contributed by atoms with van der Waals surface area (Å²) in [6.45, 7) is 9.37. The number of amides is 1. The number of carbonyl (C=O) groups is 1. The van der Waals surface area contributed by atoms with Crippen molar-refractivity contribution >= 4 is 17.5 Å². The van der Waals surface area contributed by atoms with Crippen LogP contribution in [0.4, 0.5) is 11.6 Å². The van der Waals surface area contributed by atoms with Crippen LogP contribution in [0.1, 0.15) is 53.9 Å². The molecule has 1 aliphatic rings. The molecule has 0 aliphatic carbocycles. The van der Waals surface area contributed by atoms with Crippen molar-refractivity contribution < 1.29 is 11.0 Å². The molecule has 1 aromatic carbocycles. The van der Waals surface area contributed by atoms with Gasteiger partial charge in [-0.3, -0.25) is 14.2 Å². The Bertz CT molecular complexity index is 1230. The fraction of sp³-hybridized carbons (Fsp3) is 0.429. The summed E-state index contributed by atoms with van der Waals surface area (Å²) in [4.78, 5) is 36.2. The summed E-state index contributed by atoms with van der Waals surface area (Å²) >= 11 is 0. The number of hydrogen-bond acceptors (Lipinski definition) is 6. The number of carbonyl (C=O) groups excluding carboxylic acids is 1. The van der Waals surface area contributed by atoms with E-state index in [1.54, 1.807) is 22.9 Å². The van der Waals surface area contributed by atoms with E-state index in [0.29, 0.717) is 11.4 Å². The highest BCUT2D eigenvalue weighted by Crippen LogP contribution is 2.22. The van der Waals surface area contributed by atoms with Gasteiger partial charge in [0.1, 0.15) is 11.9 Å². The monoisotopic (exact) mass is 491 g/mol. The number of benzene rings is 1. The van der Waals surface area contributed by atoms with E-state index < -0.39 is 5.41 Å². The van der Waals surface area contributed by atoms with Gasteiger partial charge in [0.2, 0.25) is 11.9 Å². The molecule has 1 N–H and O–H groups in total. The topological polar surface area (TPSA) is 89.4 Å². The Morgan fingerprint density at radius 2 is 1.78 bits per heavy atom. The molecule has 0 bridgehead atoms. The number of piperidine rings is 1. The molecular weight excluding hydrogens is 454 g/mol. The van der Waals surface area contributed by atoms with E-state index in [4.69, 9.17) is 4.74 Å². The lowest BCUT2D eigenvalue weighted by molar-refractivity contribution is -0.123. The Kier molecular flexibility index (Phi) is 7.72. The van der Waals surface area contributed by atoms with Gasteiger partial charge in [-0.15, -0.1) is 0 Å². The SMILES string of the molecule is CCCc1cnc(N2CCC(Oc3ccn(-c4ccc(NC(=O)C(C)(C)C)cc4)c(=O)c3)CC2)nc1.[HH]. The highest BCUT2D eigenvalue weighted by Gasteiger charge is 2.23. The fourth-order valence-electron chi connectivity index (χ4n) is 4.07. The van der Waals surface area contributed by atoms with Crippen LogP contribution in [-0.4, -0.2) is 39.6 Å². The molecule has 0 radical (unpaired) electrons. The molecule has 4 rings (SSSR count). The molecule has 0 spiro atoms. The lowest BCUT2D eigenvalue weighted by Gasteiger charge is -2.32. The average Bonchev–Trinajstić information content (AvgIpc) is 2.85. The normalized spacial score (nSPS) is 14.5. The number of pyridine rings is 1. The molecule has 2 aromatic heterocycles. The smallest absolute Gasteiger partial charge is 0.258 e. The largest absolute Gasteiger partial charge is 0.490 e. The van der Waals surface area contributed by atoms with E-state index in [1.165, 1.54) is 6.07 Å². The Morgan fingerprint density at radius 3 is 2.36 bits per heavy atom. The Morgan fingerprint density at radius 1 is 1.11 bits per heavy atom. The Labute approximate surface area is 213 Å². The summed E-state index contributed by atoms with van der Waals surface area (Å²) in [6.07, 6.45) is 9.35. The first-order chi connectivity index (χ1) is 17.2. The molecule has 1 aliphatic heterocycles. The van der Waals surface area contributed by atoms with Gasteiger partial charge in [0.15, 0.2) is 0 Å². The van der Waals surface area contributed by atoms with Crippen LogP contribution < -0.4 is 20.5 Å². The molecule has 1 saturated heterocycles. The lowest BCUT2D eigenvalue weighted by atomic mass is 9.95. The van der Waals surface area contributed by atoms with Crippen molar-refractivity contribution in [3.05, 3.63) is 70.9 Å². The summed E-state index contributed by atoms with van der Waals surface area (Å²) < 4.78 is 7.69. The minimum atomic E-state index is -0.476. The molecule has 1 fully saturated rings. The zero-order chi connectivity index (χ0) is 25.7. The first-order valence-electron chi connectivity index (χ1n) is 12.6. The second kappa shape index (κ2) is 10.9. The van der Waals surface area contributed by atoms with Crippen molar-refractivity contribution in [1.29, 1.82) is 0 Å². The second-order valence-corrected chi connectivity index (χ2v) is 10.3. The van der Waals surface area contributed by atoms with Crippen LogP contribution in [0, 0.1) is 5.41 Å². The minimum absolute atomic E-state index is 0. The molecule has 0 unspecified atom stereocenters. The molecule has 0 atom stereocenters. The van der Waals surface area contributed by atoms with E-state index in [0.717, 1.165) is 56.0 Å². The third kappa shape index (κ3) is 6.30. The standard InChI is InChI=1S/C28H35N5O3.H2/c1-5-6-20-18-29-27(30-19-20)32-14-11-23(12-15-32)36-24-13-16-33(25(34)17-24)22-9-7-21(8-10-22)31-26(35)28(2,3)4;/h7-10,13,16-19,23H,5-6,11-12,14-15H2,1-4H3,(H,31,35);1H. The van der Waals surface area contributed by atoms with E-state index in [2.05, 4.69) is 27.1 Å². The van der Waals surface area contributed by atoms with Crippen LogP contribution in [0.5, 0.6) is 5.75 Å². The van der Waals surface area contributed by atoms with Crippen molar-refractivity contribution in [2.45, 2.75) is 59.5 Å². The Balaban J connectivity index is 0.00000380. The number of nitrogens with one attached hydrogen (secondary N) is 1. The second-order valence-electron chi connectivity index (χ2n) is 10.3. The van der Waals surface area contributed by atoms with Gasteiger partial charge in [0.05, 0.1) is 0 Å². The maximum atomic E-state index is 12.8. The maximum absolute atomic E-state index is 12.8. The number of ether oxygens (including phenoxy) is 1. The molecule has 0 saturated carbocycles. The summed E-state index contributed by atoms with van der Waals surface area (Å²) in [5.74, 6) is 1.28. The molecule has 192 valence electrons. The van der Waals surface area contributed by atoms with Crippen molar-refractivity contribution in [3.63, 3.8) is 0 Å². The van der Waals surface area contributed by atoms with Gasteiger partial charge in [0, 0.05) is 68.8 Å². The number of aryl methyl sites for hydroxylation is 1. The zero-order valence-electron chi connectivity index (χ0n) is 21.5. The van der Waals surface area contributed by atoms with Crippen molar-refractivity contribution in [1.82, 2.24) is 14.5 Å². The van der Waals surface area contributed by atoms with Gasteiger partial charge in [-0.25, -0.2) is 9.97 Å². The third-order valence-corrected chi connectivity index (χ3v) is 6.23. The first-order valence-corrected chi connectivity index (χ1v) is 12.6. The fourth-order valence-corrected chi connectivity index (χ4v) is 4.07.